The monoisotopic (exact) mass is 346 g/mol. The van der Waals surface area contributed by atoms with Crippen LogP contribution >= 0.6 is 0 Å². The van der Waals surface area contributed by atoms with Gasteiger partial charge in [0.2, 0.25) is 0 Å². The van der Waals surface area contributed by atoms with Crippen molar-refractivity contribution < 1.29 is 14.6 Å². The number of hydrogen-bond donors (Lipinski definition) is 1. The first-order chi connectivity index (χ1) is 12.4. The first-order valence-corrected chi connectivity index (χ1v) is 8.56. The summed E-state index contributed by atoms with van der Waals surface area (Å²) in [5.41, 5.74) is 7.22. The molecule has 1 N–H and O–H groups in total. The van der Waals surface area contributed by atoms with Crippen molar-refractivity contribution in [1.82, 2.24) is 0 Å². The summed E-state index contributed by atoms with van der Waals surface area (Å²) < 4.78 is 5.23. The molecule has 0 saturated heterocycles. The van der Waals surface area contributed by atoms with E-state index >= 15 is 0 Å². The van der Waals surface area contributed by atoms with Gasteiger partial charge in [-0.05, 0) is 84.0 Å². The number of phenolic OH excluding ortho intramolecular Hbond substituents is 1. The Morgan fingerprint density at radius 2 is 1.42 bits per heavy atom. The molecule has 0 aliphatic heterocycles. The highest BCUT2D eigenvalue weighted by Crippen LogP contribution is 2.38. The number of aryl methyl sites for hydroxylation is 2. The Kier molecular flexibility index (Phi) is 4.81. The van der Waals surface area contributed by atoms with Crippen LogP contribution in [0.25, 0.3) is 22.3 Å². The van der Waals surface area contributed by atoms with Gasteiger partial charge >= 0.3 is 5.97 Å². The molecule has 0 saturated carbocycles. The molecular formula is C23H22O3. The molecule has 26 heavy (non-hydrogen) atoms. The van der Waals surface area contributed by atoms with Gasteiger partial charge in [-0.25, -0.2) is 0 Å². The molecule has 0 bridgehead atoms. The van der Waals surface area contributed by atoms with E-state index in [-0.39, 0.29) is 11.7 Å². The van der Waals surface area contributed by atoms with Crippen LogP contribution in [-0.4, -0.2) is 11.1 Å². The summed E-state index contributed by atoms with van der Waals surface area (Å²) in [6.07, 6.45) is 0. The average molecular weight is 346 g/mol. The predicted molar refractivity (Wildman–Crippen MR) is 104 cm³/mol. The minimum absolute atomic E-state index is 0.209. The van der Waals surface area contributed by atoms with E-state index in [1.807, 2.05) is 31.2 Å². The number of phenols is 1. The Balaban J connectivity index is 2.21. The summed E-state index contributed by atoms with van der Waals surface area (Å²) in [5.74, 6) is 0.354. The van der Waals surface area contributed by atoms with Gasteiger partial charge < -0.3 is 9.84 Å². The standard InChI is InChI=1S/C23H22O3/c1-14-7-5-6-8-20(14)22-11-18(25)12-23(16(22)3)21-13-19(26-17(4)24)10-9-15(21)2/h5-13,25H,1-4H3. The molecule has 0 aromatic heterocycles. The van der Waals surface area contributed by atoms with Crippen LogP contribution in [0.1, 0.15) is 23.6 Å². The summed E-state index contributed by atoms with van der Waals surface area (Å²) >= 11 is 0. The third kappa shape index (κ3) is 3.47. The maximum Gasteiger partial charge on any atom is 0.308 e. The normalized spacial score (nSPS) is 10.6. The summed E-state index contributed by atoms with van der Waals surface area (Å²) in [4.78, 5) is 11.3. The fourth-order valence-corrected chi connectivity index (χ4v) is 3.25. The molecule has 0 aliphatic rings. The molecule has 0 aliphatic carbocycles. The van der Waals surface area contributed by atoms with Crippen LogP contribution in [0, 0.1) is 20.8 Å². The minimum Gasteiger partial charge on any atom is -0.508 e. The Hall–Kier alpha value is -3.07. The largest absolute Gasteiger partial charge is 0.508 e. The molecule has 0 fully saturated rings. The Bertz CT molecular complexity index is 987. The van der Waals surface area contributed by atoms with Gasteiger partial charge in [-0.1, -0.05) is 30.3 Å². The minimum atomic E-state index is -0.354. The van der Waals surface area contributed by atoms with E-state index in [1.54, 1.807) is 18.2 Å². The zero-order valence-corrected chi connectivity index (χ0v) is 15.5. The molecule has 0 heterocycles. The van der Waals surface area contributed by atoms with Crippen molar-refractivity contribution >= 4 is 5.97 Å². The molecule has 0 amide bonds. The lowest BCUT2D eigenvalue weighted by molar-refractivity contribution is -0.131. The van der Waals surface area contributed by atoms with Gasteiger partial charge in [0.15, 0.2) is 0 Å². The van der Waals surface area contributed by atoms with Crippen LogP contribution in [0.3, 0.4) is 0 Å². The van der Waals surface area contributed by atoms with Crippen molar-refractivity contribution in [2.45, 2.75) is 27.7 Å². The molecular weight excluding hydrogens is 324 g/mol. The molecule has 0 unspecified atom stereocenters. The second-order valence-electron chi connectivity index (χ2n) is 6.55. The maximum atomic E-state index is 11.3. The van der Waals surface area contributed by atoms with Gasteiger partial charge in [0.25, 0.3) is 0 Å². The molecule has 3 heteroatoms. The number of carbonyl (C=O) groups is 1. The fraction of sp³-hybridized carbons (Fsp3) is 0.174. The summed E-state index contributed by atoms with van der Waals surface area (Å²) in [6, 6.07) is 17.2. The van der Waals surface area contributed by atoms with Crippen molar-refractivity contribution in [3.63, 3.8) is 0 Å². The highest BCUT2D eigenvalue weighted by molar-refractivity contribution is 5.83. The number of carbonyl (C=O) groups excluding carboxylic acids is 1. The van der Waals surface area contributed by atoms with Gasteiger partial charge in [0.1, 0.15) is 11.5 Å². The van der Waals surface area contributed by atoms with Crippen LogP contribution < -0.4 is 4.74 Å². The molecule has 0 atom stereocenters. The topological polar surface area (TPSA) is 46.5 Å². The van der Waals surface area contributed by atoms with Crippen molar-refractivity contribution in [2.24, 2.45) is 0 Å². The van der Waals surface area contributed by atoms with Gasteiger partial charge in [0, 0.05) is 6.92 Å². The van der Waals surface area contributed by atoms with E-state index in [1.165, 1.54) is 6.92 Å². The van der Waals surface area contributed by atoms with Crippen LogP contribution in [0.2, 0.25) is 0 Å². The van der Waals surface area contributed by atoms with Crippen molar-refractivity contribution in [2.75, 3.05) is 0 Å². The Morgan fingerprint density at radius 3 is 2.08 bits per heavy atom. The second kappa shape index (κ2) is 7.04. The van der Waals surface area contributed by atoms with Gasteiger partial charge in [-0.15, -0.1) is 0 Å². The summed E-state index contributed by atoms with van der Waals surface area (Å²) in [6.45, 7) is 7.50. The first kappa shape index (κ1) is 17.7. The lowest BCUT2D eigenvalue weighted by Crippen LogP contribution is -2.02. The van der Waals surface area contributed by atoms with Crippen molar-refractivity contribution in [3.05, 3.63) is 71.3 Å². The number of benzene rings is 3. The van der Waals surface area contributed by atoms with E-state index < -0.39 is 0 Å². The molecule has 0 spiro atoms. The number of rotatable bonds is 3. The summed E-state index contributed by atoms with van der Waals surface area (Å²) in [7, 11) is 0. The van der Waals surface area contributed by atoms with Gasteiger partial charge in [-0.3, -0.25) is 4.79 Å². The molecule has 3 aromatic rings. The van der Waals surface area contributed by atoms with Crippen LogP contribution in [-0.2, 0) is 4.79 Å². The number of esters is 1. The maximum absolute atomic E-state index is 11.3. The van der Waals surface area contributed by atoms with E-state index in [9.17, 15) is 9.90 Å². The van der Waals surface area contributed by atoms with Crippen LogP contribution in [0.15, 0.2) is 54.6 Å². The van der Waals surface area contributed by atoms with Gasteiger partial charge in [-0.2, -0.15) is 0 Å². The van der Waals surface area contributed by atoms with Crippen molar-refractivity contribution in [3.8, 4) is 33.8 Å². The molecule has 0 radical (unpaired) electrons. The predicted octanol–water partition coefficient (Wildman–Crippen LogP) is 5.58. The smallest absolute Gasteiger partial charge is 0.308 e. The average Bonchev–Trinajstić information content (AvgIpc) is 2.59. The Labute approximate surface area is 153 Å². The van der Waals surface area contributed by atoms with Crippen molar-refractivity contribution in [1.29, 1.82) is 0 Å². The lowest BCUT2D eigenvalue weighted by Gasteiger charge is -2.17. The van der Waals surface area contributed by atoms with Gasteiger partial charge in [0.05, 0.1) is 0 Å². The SMILES string of the molecule is CC(=O)Oc1ccc(C)c(-c2cc(O)cc(-c3ccccc3C)c2C)c1. The first-order valence-electron chi connectivity index (χ1n) is 8.56. The lowest BCUT2D eigenvalue weighted by atomic mass is 9.89. The third-order valence-corrected chi connectivity index (χ3v) is 4.59. The number of ether oxygens (including phenoxy) is 1. The highest BCUT2D eigenvalue weighted by atomic mass is 16.5. The fourth-order valence-electron chi connectivity index (χ4n) is 3.25. The molecule has 3 rings (SSSR count). The summed E-state index contributed by atoms with van der Waals surface area (Å²) in [5, 5.41) is 10.4. The zero-order valence-electron chi connectivity index (χ0n) is 15.5. The Morgan fingerprint density at radius 1 is 0.808 bits per heavy atom. The second-order valence-corrected chi connectivity index (χ2v) is 6.55. The van der Waals surface area contributed by atoms with Crippen LogP contribution in [0.5, 0.6) is 11.5 Å². The number of hydrogen-bond acceptors (Lipinski definition) is 3. The molecule has 3 aromatic carbocycles. The van der Waals surface area contributed by atoms with Crippen LogP contribution in [0.4, 0.5) is 0 Å². The number of aromatic hydroxyl groups is 1. The molecule has 3 nitrogen and oxygen atoms in total. The highest BCUT2D eigenvalue weighted by Gasteiger charge is 2.14. The molecule has 132 valence electrons. The van der Waals surface area contributed by atoms with E-state index in [2.05, 4.69) is 26.0 Å². The van der Waals surface area contributed by atoms with E-state index in [4.69, 9.17) is 4.74 Å². The van der Waals surface area contributed by atoms with E-state index in [0.29, 0.717) is 5.75 Å². The third-order valence-electron chi connectivity index (χ3n) is 4.59. The quantitative estimate of drug-likeness (QED) is 0.498. The zero-order chi connectivity index (χ0) is 18.8. The van der Waals surface area contributed by atoms with E-state index in [0.717, 1.165) is 38.9 Å².